The molecule has 14 heteroatoms. The Morgan fingerprint density at radius 3 is 1.76 bits per heavy atom. The second-order valence-corrected chi connectivity index (χ2v) is 14.7. The predicted molar refractivity (Wildman–Crippen MR) is 189 cm³/mol. The summed E-state index contributed by atoms with van der Waals surface area (Å²) in [5, 5.41) is 12.7. The summed E-state index contributed by atoms with van der Waals surface area (Å²) in [4.78, 5) is 0.0276. The second-order valence-electron chi connectivity index (χ2n) is 12.8. The highest BCUT2D eigenvalue weighted by Gasteiger charge is 2.39. The van der Waals surface area contributed by atoms with Gasteiger partial charge in [-0.05, 0) is 75.0 Å². The first-order valence-electron chi connectivity index (χ1n) is 16.1. The van der Waals surface area contributed by atoms with E-state index in [9.17, 15) is 0 Å². The molecule has 6 rings (SSSR count). The Kier molecular flexibility index (Phi) is 10.5. The Morgan fingerprint density at radius 2 is 1.26 bits per heavy atom. The van der Waals surface area contributed by atoms with E-state index in [0.29, 0.717) is 41.5 Å². The van der Waals surface area contributed by atoms with E-state index >= 15 is 8.42 Å². The number of tetrazole rings is 1. The molecule has 50 heavy (non-hydrogen) atoms. The fourth-order valence-corrected chi connectivity index (χ4v) is 7.33. The Labute approximate surface area is 293 Å². The molecule has 2 heterocycles. The highest BCUT2D eigenvalue weighted by atomic mass is 32.2. The largest absolute Gasteiger partial charge is 0.497 e. The van der Waals surface area contributed by atoms with Gasteiger partial charge in [-0.1, -0.05) is 62.4 Å². The minimum Gasteiger partial charge on any atom is -0.497 e. The first kappa shape index (κ1) is 35.1. The average Bonchev–Trinajstić information content (AvgIpc) is 3.59. The highest BCUT2D eigenvalue weighted by Crippen LogP contribution is 2.32. The van der Waals surface area contributed by atoms with Crippen LogP contribution in [0.1, 0.15) is 30.5 Å². The number of hydrogen-bond donors (Lipinski definition) is 0. The maximum absolute atomic E-state index is 15.1. The molecule has 0 spiro atoms. The van der Waals surface area contributed by atoms with Crippen LogP contribution in [-0.4, -0.2) is 74.6 Å². The fourth-order valence-electron chi connectivity index (χ4n) is 5.70. The third-order valence-corrected chi connectivity index (χ3v) is 10.3. The van der Waals surface area contributed by atoms with E-state index in [0.717, 1.165) is 16.7 Å². The summed E-state index contributed by atoms with van der Waals surface area (Å²) < 4.78 is 61.6. The molecule has 0 amide bonds. The first-order chi connectivity index (χ1) is 24.1. The van der Waals surface area contributed by atoms with E-state index in [4.69, 9.17) is 23.5 Å². The molecule has 0 N–H and O–H groups in total. The lowest BCUT2D eigenvalue weighted by Crippen LogP contribution is -2.48. The van der Waals surface area contributed by atoms with Crippen LogP contribution in [0.3, 0.4) is 0 Å². The van der Waals surface area contributed by atoms with Crippen LogP contribution in [0.2, 0.25) is 0 Å². The molecule has 1 fully saturated rings. The van der Waals surface area contributed by atoms with Gasteiger partial charge in [0.25, 0.3) is 0 Å². The molecule has 0 bridgehead atoms. The van der Waals surface area contributed by atoms with Crippen LogP contribution in [-0.2, 0) is 39.0 Å². The van der Waals surface area contributed by atoms with Crippen molar-refractivity contribution >= 4 is 22.6 Å². The smallest absolute Gasteiger partial charge is 0.494 e. The summed E-state index contributed by atoms with van der Waals surface area (Å²) in [7, 11) is -0.283. The van der Waals surface area contributed by atoms with Crippen molar-refractivity contribution in [3.8, 4) is 28.6 Å². The molecule has 1 aromatic heterocycles. The number of aromatic nitrogens is 4. The molecule has 12 nitrogen and oxygen atoms in total. The van der Waals surface area contributed by atoms with Gasteiger partial charge in [0.1, 0.15) is 17.2 Å². The van der Waals surface area contributed by atoms with Crippen molar-refractivity contribution in [3.05, 3.63) is 108 Å². The fraction of sp³-hybridized carbons (Fsp3) is 0.306. The Balaban J connectivity index is 1.47. The molecular weight excluding hydrogens is 657 g/mol. The molecule has 1 aliphatic rings. The molecule has 1 saturated heterocycles. The average molecular weight is 698 g/mol. The van der Waals surface area contributed by atoms with Crippen molar-refractivity contribution in [2.75, 3.05) is 34.5 Å². The molecule has 5 aromatic rings. The standard InChI is InChI=1S/C36H40BN5O7S/c1-36(2)24-48-37(49-25-36)32-7-6-8-33(34(32)35-38-39-40-42(35)23-28-13-19-31(47-5)20-14-28)50(43,44)41(21-26-9-15-29(45-3)16-10-26)22-27-11-17-30(46-4)18-12-27/h6-20H,21-25H2,1-5H3. The Bertz CT molecular complexity index is 1940. The Morgan fingerprint density at radius 1 is 0.760 bits per heavy atom. The number of methoxy groups -OCH3 is 3. The van der Waals surface area contributed by atoms with Gasteiger partial charge in [-0.2, -0.15) is 4.31 Å². The van der Waals surface area contributed by atoms with E-state index in [2.05, 4.69) is 29.4 Å². The molecular formula is C36H40BN5O7S. The summed E-state index contributed by atoms with van der Waals surface area (Å²) in [6.07, 6.45) is 0. The monoisotopic (exact) mass is 697 g/mol. The van der Waals surface area contributed by atoms with E-state index in [1.54, 1.807) is 44.2 Å². The number of ether oxygens (including phenoxy) is 3. The molecule has 1 aliphatic heterocycles. The summed E-state index contributed by atoms with van der Waals surface area (Å²) in [5.41, 5.74) is 3.08. The topological polar surface area (TPSA) is 127 Å². The van der Waals surface area contributed by atoms with Crippen molar-refractivity contribution < 1.29 is 31.9 Å². The van der Waals surface area contributed by atoms with Crippen LogP contribution in [0.5, 0.6) is 17.2 Å². The van der Waals surface area contributed by atoms with Crippen LogP contribution >= 0.6 is 0 Å². The molecule has 260 valence electrons. The zero-order chi connectivity index (χ0) is 35.3. The van der Waals surface area contributed by atoms with Crippen LogP contribution in [0.15, 0.2) is 95.9 Å². The van der Waals surface area contributed by atoms with Crippen LogP contribution < -0.4 is 19.7 Å². The minimum atomic E-state index is -4.23. The molecule has 0 aliphatic carbocycles. The lowest BCUT2D eigenvalue weighted by molar-refractivity contribution is 0.0343. The molecule has 0 saturated carbocycles. The van der Waals surface area contributed by atoms with E-state index in [-0.39, 0.29) is 35.8 Å². The van der Waals surface area contributed by atoms with Gasteiger partial charge >= 0.3 is 7.12 Å². The summed E-state index contributed by atoms with van der Waals surface area (Å²) >= 11 is 0. The molecule has 0 radical (unpaired) electrons. The lowest BCUT2D eigenvalue weighted by Gasteiger charge is -2.34. The van der Waals surface area contributed by atoms with Gasteiger partial charge < -0.3 is 23.5 Å². The summed E-state index contributed by atoms with van der Waals surface area (Å²) in [6.45, 7) is 5.40. The van der Waals surface area contributed by atoms with Crippen LogP contribution in [0, 0.1) is 5.41 Å². The third kappa shape index (κ3) is 7.84. The van der Waals surface area contributed by atoms with Crippen molar-refractivity contribution in [1.29, 1.82) is 0 Å². The number of hydrogen-bond acceptors (Lipinski definition) is 10. The number of benzene rings is 4. The molecule has 4 aromatic carbocycles. The lowest BCUT2D eigenvalue weighted by atomic mass is 9.73. The van der Waals surface area contributed by atoms with Crippen molar-refractivity contribution in [2.45, 2.75) is 38.4 Å². The third-order valence-electron chi connectivity index (χ3n) is 8.46. The van der Waals surface area contributed by atoms with Gasteiger partial charge in [0, 0.05) is 37.3 Å². The zero-order valence-electron chi connectivity index (χ0n) is 28.8. The number of nitrogens with zero attached hydrogens (tertiary/aromatic N) is 5. The van der Waals surface area contributed by atoms with E-state index < -0.39 is 17.1 Å². The van der Waals surface area contributed by atoms with E-state index in [1.807, 2.05) is 72.8 Å². The van der Waals surface area contributed by atoms with Gasteiger partial charge in [0.15, 0.2) is 5.82 Å². The quantitative estimate of drug-likeness (QED) is 0.162. The minimum absolute atomic E-state index is 0.0276. The highest BCUT2D eigenvalue weighted by molar-refractivity contribution is 7.89. The van der Waals surface area contributed by atoms with Gasteiger partial charge in [-0.25, -0.2) is 13.1 Å². The molecule has 0 atom stereocenters. The summed E-state index contributed by atoms with van der Waals surface area (Å²) in [6, 6.07) is 27.3. The number of rotatable bonds is 13. The number of sulfonamides is 1. The first-order valence-corrected chi connectivity index (χ1v) is 17.6. The maximum atomic E-state index is 15.1. The molecule has 0 unspecified atom stereocenters. The Hall–Kier alpha value is -4.76. The van der Waals surface area contributed by atoms with Gasteiger partial charge in [-0.3, -0.25) is 0 Å². The normalized spacial score (nSPS) is 14.5. The van der Waals surface area contributed by atoms with Crippen molar-refractivity contribution in [3.63, 3.8) is 0 Å². The van der Waals surface area contributed by atoms with Crippen molar-refractivity contribution in [1.82, 2.24) is 24.5 Å². The second kappa shape index (κ2) is 15.0. The van der Waals surface area contributed by atoms with Gasteiger partial charge in [0.05, 0.1) is 32.8 Å². The van der Waals surface area contributed by atoms with Crippen molar-refractivity contribution in [2.24, 2.45) is 5.41 Å². The maximum Gasteiger partial charge on any atom is 0.494 e. The SMILES string of the molecule is COc1ccc(CN(Cc2ccc(OC)cc2)S(=O)(=O)c2cccc(B3OCC(C)(C)CO3)c2-c2nnnn2Cc2ccc(OC)cc2)cc1. The van der Waals surface area contributed by atoms with Crippen LogP contribution in [0.4, 0.5) is 0 Å². The zero-order valence-corrected chi connectivity index (χ0v) is 29.6. The summed E-state index contributed by atoms with van der Waals surface area (Å²) in [5.74, 6) is 2.33. The van der Waals surface area contributed by atoms with Crippen LogP contribution in [0.25, 0.3) is 11.4 Å². The van der Waals surface area contributed by atoms with Gasteiger partial charge in [0.2, 0.25) is 10.0 Å². The van der Waals surface area contributed by atoms with Gasteiger partial charge in [-0.15, -0.1) is 5.10 Å². The van der Waals surface area contributed by atoms with E-state index in [1.165, 1.54) is 4.31 Å². The predicted octanol–water partition coefficient (Wildman–Crippen LogP) is 4.57.